The highest BCUT2D eigenvalue weighted by Gasteiger charge is 2.17. The molecular weight excluding hydrogens is 398 g/mol. The predicted molar refractivity (Wildman–Crippen MR) is 107 cm³/mol. The topological polar surface area (TPSA) is 82.0 Å². The molecule has 2 aromatic carbocycles. The summed E-state index contributed by atoms with van der Waals surface area (Å²) in [6.45, 7) is 2.67. The summed E-state index contributed by atoms with van der Waals surface area (Å²) in [6, 6.07) is 11.1. The average Bonchev–Trinajstić information content (AvgIpc) is 3.10. The van der Waals surface area contributed by atoms with E-state index >= 15 is 0 Å². The van der Waals surface area contributed by atoms with E-state index in [9.17, 15) is 13.6 Å². The minimum Gasteiger partial charge on any atom is -0.494 e. The van der Waals surface area contributed by atoms with Gasteiger partial charge in [-0.05, 0) is 31.2 Å². The molecule has 0 radical (unpaired) electrons. The van der Waals surface area contributed by atoms with E-state index in [0.29, 0.717) is 28.7 Å². The van der Waals surface area contributed by atoms with Crippen LogP contribution in [-0.4, -0.2) is 34.8 Å². The fourth-order valence-electron chi connectivity index (χ4n) is 2.71. The normalized spacial score (nSPS) is 10.7. The molecule has 0 unspecified atom stereocenters. The number of fused-ring (bicyclic) bond motifs is 1. The summed E-state index contributed by atoms with van der Waals surface area (Å²) in [6.07, 6.45) is 0.187. The van der Waals surface area contributed by atoms with Crippen molar-refractivity contribution in [2.75, 3.05) is 23.8 Å². The Morgan fingerprint density at radius 1 is 1.28 bits per heavy atom. The Labute approximate surface area is 170 Å². The fourth-order valence-corrected chi connectivity index (χ4v) is 3.47. The number of ether oxygens (including phenoxy) is 1. The van der Waals surface area contributed by atoms with Crippen LogP contribution in [0.3, 0.4) is 0 Å². The van der Waals surface area contributed by atoms with E-state index in [0.717, 1.165) is 23.9 Å². The number of hydrogen-bond acceptors (Lipinski definition) is 5. The monoisotopic (exact) mass is 416 g/mol. The van der Waals surface area contributed by atoms with E-state index < -0.39 is 11.6 Å². The number of aromatic amines is 1. The number of halogens is 2. The van der Waals surface area contributed by atoms with Crippen molar-refractivity contribution in [3.63, 3.8) is 0 Å². The van der Waals surface area contributed by atoms with E-state index in [2.05, 4.69) is 9.97 Å². The molecule has 9 heteroatoms. The maximum absolute atomic E-state index is 13.3. The van der Waals surface area contributed by atoms with Crippen molar-refractivity contribution in [2.45, 2.75) is 18.5 Å². The molecule has 0 saturated carbocycles. The van der Waals surface area contributed by atoms with E-state index in [1.807, 2.05) is 13.0 Å². The van der Waals surface area contributed by atoms with Crippen molar-refractivity contribution in [1.82, 2.24) is 9.97 Å². The second kappa shape index (κ2) is 9.39. The first-order valence-corrected chi connectivity index (χ1v) is 9.88. The molecule has 1 heterocycles. The van der Waals surface area contributed by atoms with Crippen LogP contribution in [0.2, 0.25) is 0 Å². The van der Waals surface area contributed by atoms with Crippen LogP contribution >= 0.6 is 11.8 Å². The summed E-state index contributed by atoms with van der Waals surface area (Å²) in [5.41, 5.74) is 1.29. The smallest absolute Gasteiger partial charge is 0.237 e. The summed E-state index contributed by atoms with van der Waals surface area (Å²) in [7, 11) is 0. The SMILES string of the molecule is CCOc1ccc(N(CCC#N)C(=O)CSc2nc3cc(F)c(F)cc3[nH]2)cc1. The molecule has 0 fully saturated rings. The maximum atomic E-state index is 13.3. The minimum atomic E-state index is -0.977. The molecule has 3 rings (SSSR count). The van der Waals surface area contributed by atoms with Crippen LogP contribution in [0.5, 0.6) is 5.75 Å². The van der Waals surface area contributed by atoms with Gasteiger partial charge in [0.2, 0.25) is 5.91 Å². The zero-order chi connectivity index (χ0) is 20.8. The molecule has 150 valence electrons. The molecule has 0 aliphatic rings. The molecule has 0 aliphatic heterocycles. The van der Waals surface area contributed by atoms with Gasteiger partial charge in [-0.15, -0.1) is 0 Å². The minimum absolute atomic E-state index is 0.0451. The van der Waals surface area contributed by atoms with Crippen LogP contribution < -0.4 is 9.64 Å². The zero-order valence-corrected chi connectivity index (χ0v) is 16.4. The molecule has 29 heavy (non-hydrogen) atoms. The number of benzene rings is 2. The van der Waals surface area contributed by atoms with Crippen LogP contribution in [0.25, 0.3) is 11.0 Å². The van der Waals surface area contributed by atoms with Crippen LogP contribution in [0.4, 0.5) is 14.5 Å². The van der Waals surface area contributed by atoms with Crippen molar-refractivity contribution < 1.29 is 18.3 Å². The lowest BCUT2D eigenvalue weighted by Crippen LogP contribution is -2.33. The molecular formula is C20H18F2N4O2S. The molecule has 1 amide bonds. The van der Waals surface area contributed by atoms with Crippen molar-refractivity contribution in [1.29, 1.82) is 5.26 Å². The Bertz CT molecular complexity index is 1010. The van der Waals surface area contributed by atoms with Crippen molar-refractivity contribution in [3.8, 4) is 11.8 Å². The average molecular weight is 416 g/mol. The molecule has 0 saturated heterocycles. The predicted octanol–water partition coefficient (Wildman–Crippen LogP) is 4.28. The third kappa shape index (κ3) is 5.03. The van der Waals surface area contributed by atoms with Crippen LogP contribution in [-0.2, 0) is 4.79 Å². The molecule has 0 bridgehead atoms. The standard InChI is InChI=1S/C20H18F2N4O2S/c1-2-28-14-6-4-13(5-7-14)26(9-3-8-23)19(27)12-29-20-24-17-10-15(21)16(22)11-18(17)25-20/h4-7,10-11H,2-3,9,12H2,1H3,(H,24,25). The summed E-state index contributed by atoms with van der Waals surface area (Å²) in [4.78, 5) is 21.3. The van der Waals surface area contributed by atoms with Gasteiger partial charge < -0.3 is 14.6 Å². The lowest BCUT2D eigenvalue weighted by Gasteiger charge is -2.21. The van der Waals surface area contributed by atoms with Crippen LogP contribution in [0.15, 0.2) is 41.6 Å². The first-order valence-electron chi connectivity index (χ1n) is 8.89. The zero-order valence-electron chi connectivity index (χ0n) is 15.6. The molecule has 6 nitrogen and oxygen atoms in total. The highest BCUT2D eigenvalue weighted by Crippen LogP contribution is 2.24. The third-order valence-corrected chi connectivity index (χ3v) is 4.90. The van der Waals surface area contributed by atoms with E-state index in [-0.39, 0.29) is 30.1 Å². The van der Waals surface area contributed by atoms with Gasteiger partial charge in [0.05, 0.1) is 35.9 Å². The molecule has 1 aromatic heterocycles. The number of aromatic nitrogens is 2. The lowest BCUT2D eigenvalue weighted by atomic mass is 10.2. The molecule has 3 aromatic rings. The van der Waals surface area contributed by atoms with Gasteiger partial charge in [0.25, 0.3) is 0 Å². The van der Waals surface area contributed by atoms with Gasteiger partial charge >= 0.3 is 0 Å². The number of amides is 1. The Hall–Kier alpha value is -3.12. The van der Waals surface area contributed by atoms with Crippen LogP contribution in [0, 0.1) is 23.0 Å². The molecule has 0 aliphatic carbocycles. The summed E-state index contributed by atoms with van der Waals surface area (Å²) in [5.74, 6) is -1.42. The van der Waals surface area contributed by atoms with Gasteiger partial charge in [0.1, 0.15) is 5.75 Å². The number of nitrogens with zero attached hydrogens (tertiary/aromatic N) is 3. The summed E-state index contributed by atoms with van der Waals surface area (Å²) in [5, 5.41) is 9.28. The Morgan fingerprint density at radius 3 is 2.69 bits per heavy atom. The number of hydrogen-bond donors (Lipinski definition) is 1. The molecule has 0 atom stereocenters. The molecule has 0 spiro atoms. The van der Waals surface area contributed by atoms with Gasteiger partial charge in [-0.1, -0.05) is 11.8 Å². The first-order chi connectivity index (χ1) is 14.0. The van der Waals surface area contributed by atoms with Crippen molar-refractivity contribution >= 4 is 34.4 Å². The highest BCUT2D eigenvalue weighted by molar-refractivity contribution is 7.99. The maximum Gasteiger partial charge on any atom is 0.237 e. The largest absolute Gasteiger partial charge is 0.494 e. The Balaban J connectivity index is 1.72. The van der Waals surface area contributed by atoms with Crippen LogP contribution in [0.1, 0.15) is 13.3 Å². The van der Waals surface area contributed by atoms with Gasteiger partial charge in [-0.3, -0.25) is 4.79 Å². The number of nitrogens with one attached hydrogen (secondary N) is 1. The van der Waals surface area contributed by atoms with Gasteiger partial charge in [0, 0.05) is 24.4 Å². The summed E-state index contributed by atoms with van der Waals surface area (Å²) < 4.78 is 32.1. The highest BCUT2D eigenvalue weighted by atomic mass is 32.2. The number of thioether (sulfide) groups is 1. The number of anilines is 1. The van der Waals surface area contributed by atoms with Gasteiger partial charge in [-0.2, -0.15) is 5.26 Å². The first kappa shape index (κ1) is 20.6. The number of H-pyrrole nitrogens is 1. The second-order valence-electron chi connectivity index (χ2n) is 5.99. The Kier molecular flexibility index (Phi) is 6.67. The van der Waals surface area contributed by atoms with E-state index in [1.165, 1.54) is 4.90 Å². The number of nitriles is 1. The lowest BCUT2D eigenvalue weighted by molar-refractivity contribution is -0.116. The van der Waals surface area contributed by atoms with Crippen molar-refractivity contribution in [2.24, 2.45) is 0 Å². The van der Waals surface area contributed by atoms with Gasteiger partial charge in [-0.25, -0.2) is 13.8 Å². The Morgan fingerprint density at radius 2 is 2.00 bits per heavy atom. The number of carbonyl (C=O) groups excluding carboxylic acids is 1. The summed E-state index contributed by atoms with van der Waals surface area (Å²) >= 11 is 1.12. The van der Waals surface area contributed by atoms with Gasteiger partial charge in [0.15, 0.2) is 16.8 Å². The van der Waals surface area contributed by atoms with Crippen molar-refractivity contribution in [3.05, 3.63) is 48.0 Å². The van der Waals surface area contributed by atoms with E-state index in [1.54, 1.807) is 24.3 Å². The fraction of sp³-hybridized carbons (Fsp3) is 0.250. The second-order valence-corrected chi connectivity index (χ2v) is 6.96. The quantitative estimate of drug-likeness (QED) is 0.555. The number of carbonyl (C=O) groups is 1. The number of rotatable bonds is 8. The molecule has 1 N–H and O–H groups in total. The third-order valence-electron chi connectivity index (χ3n) is 4.04. The van der Waals surface area contributed by atoms with E-state index in [4.69, 9.17) is 10.00 Å². The number of imidazole rings is 1.